The number of carbonyl (C=O) groups is 5. The van der Waals surface area contributed by atoms with Crippen molar-refractivity contribution in [2.24, 2.45) is 5.73 Å². The minimum absolute atomic E-state index is 0.0467. The van der Waals surface area contributed by atoms with E-state index in [4.69, 9.17) is 25.8 Å². The molecule has 0 bridgehead atoms. The first-order valence-corrected chi connectivity index (χ1v) is 16.3. The van der Waals surface area contributed by atoms with Crippen molar-refractivity contribution in [3.8, 4) is 0 Å². The predicted molar refractivity (Wildman–Crippen MR) is 187 cm³/mol. The van der Waals surface area contributed by atoms with E-state index < -0.39 is 37.0 Å². The summed E-state index contributed by atoms with van der Waals surface area (Å²) in [5, 5.41) is 32.4. The van der Waals surface area contributed by atoms with E-state index in [0.717, 1.165) is 27.5 Å². The quantitative estimate of drug-likeness (QED) is 0.0831. The summed E-state index contributed by atoms with van der Waals surface area (Å²) in [6, 6.07) is 21.0. The topological polar surface area (TPSA) is 203 Å². The molecule has 3 rings (SSSR count). The maximum absolute atomic E-state index is 12.8. The van der Waals surface area contributed by atoms with E-state index in [1.54, 1.807) is 16.8 Å². The Kier molecular flexibility index (Phi) is 16.4. The highest BCUT2D eigenvalue weighted by Crippen LogP contribution is 2.16. The number of nitrogens with zero attached hydrogens (tertiary/aromatic N) is 3. The molecule has 0 heterocycles. The Morgan fingerprint density at radius 1 is 0.720 bits per heavy atom. The van der Waals surface area contributed by atoms with Crippen LogP contribution in [0.5, 0.6) is 0 Å². The highest BCUT2D eigenvalue weighted by atomic mass is 16.5. The SMILES string of the molecule is CN(CCN(CCN(CC(=O)O)CC(=O)O)CC(=O)NCc1ccc(CCOCC(=O)[C@H](N)Cc2ccc3ccccc3c2)cc1)CC(=O)O. The lowest BCUT2D eigenvalue weighted by Gasteiger charge is -2.27. The van der Waals surface area contributed by atoms with E-state index >= 15 is 0 Å². The van der Waals surface area contributed by atoms with Crippen LogP contribution in [0.3, 0.4) is 0 Å². The lowest BCUT2D eigenvalue weighted by Crippen LogP contribution is -2.45. The molecule has 6 N–H and O–H groups in total. The second kappa shape index (κ2) is 20.7. The van der Waals surface area contributed by atoms with Crippen LogP contribution in [0.15, 0.2) is 66.7 Å². The van der Waals surface area contributed by atoms with Gasteiger partial charge in [-0.15, -0.1) is 0 Å². The second-order valence-electron chi connectivity index (χ2n) is 12.3. The van der Waals surface area contributed by atoms with Gasteiger partial charge in [0.2, 0.25) is 5.91 Å². The Balaban J connectivity index is 1.41. The van der Waals surface area contributed by atoms with Crippen LogP contribution in [0, 0.1) is 0 Å². The highest BCUT2D eigenvalue weighted by Gasteiger charge is 2.18. The van der Waals surface area contributed by atoms with Gasteiger partial charge in [-0.1, -0.05) is 66.7 Å². The Labute approximate surface area is 291 Å². The number of carboxylic acid groups (broad SMARTS) is 3. The number of ether oxygens (including phenoxy) is 1. The van der Waals surface area contributed by atoms with Gasteiger partial charge in [0.15, 0.2) is 5.78 Å². The first-order chi connectivity index (χ1) is 23.9. The lowest BCUT2D eigenvalue weighted by molar-refractivity contribution is -0.142. The van der Waals surface area contributed by atoms with Crippen LogP contribution in [0.1, 0.15) is 16.7 Å². The number of Topliss-reactive ketones (excluding diaryl/α,β-unsaturated/α-hetero) is 1. The molecule has 0 saturated carbocycles. The molecule has 14 heteroatoms. The minimum atomic E-state index is -1.17. The van der Waals surface area contributed by atoms with Gasteiger partial charge in [0, 0.05) is 32.7 Å². The van der Waals surface area contributed by atoms with Gasteiger partial charge in [0.25, 0.3) is 0 Å². The molecule has 0 aromatic heterocycles. The molecule has 0 fully saturated rings. The molecule has 1 amide bonds. The third-order valence-electron chi connectivity index (χ3n) is 8.00. The van der Waals surface area contributed by atoms with Gasteiger partial charge in [0.05, 0.1) is 38.8 Å². The summed E-state index contributed by atoms with van der Waals surface area (Å²) in [6.45, 7) is 0.301. The van der Waals surface area contributed by atoms with Crippen LogP contribution >= 0.6 is 0 Å². The first kappa shape index (κ1) is 39.7. The van der Waals surface area contributed by atoms with Crippen LogP contribution < -0.4 is 11.1 Å². The number of hydrogen-bond donors (Lipinski definition) is 5. The fraction of sp³-hybridized carbons (Fsp3) is 0.417. The molecule has 3 aromatic rings. The number of aliphatic carboxylic acids is 3. The molecule has 0 radical (unpaired) electrons. The van der Waals surface area contributed by atoms with Crippen LogP contribution in [-0.2, 0) is 48.1 Å². The van der Waals surface area contributed by atoms with Gasteiger partial charge in [-0.3, -0.25) is 38.7 Å². The summed E-state index contributed by atoms with van der Waals surface area (Å²) in [6.07, 6.45) is 1.03. The normalized spacial score (nSPS) is 12.0. The smallest absolute Gasteiger partial charge is 0.317 e. The van der Waals surface area contributed by atoms with E-state index in [-0.39, 0.29) is 51.0 Å². The average molecular weight is 694 g/mol. The number of benzene rings is 3. The molecule has 0 aliphatic heterocycles. The Hall–Kier alpha value is -4.73. The van der Waals surface area contributed by atoms with Crippen molar-refractivity contribution < 1.29 is 44.0 Å². The minimum Gasteiger partial charge on any atom is -0.480 e. The van der Waals surface area contributed by atoms with Crippen molar-refractivity contribution in [3.63, 3.8) is 0 Å². The maximum Gasteiger partial charge on any atom is 0.317 e. The van der Waals surface area contributed by atoms with Crippen LogP contribution in [0.2, 0.25) is 0 Å². The number of likely N-dealkylation sites (N-methyl/N-ethyl adjacent to an activating group) is 1. The number of nitrogens with two attached hydrogens (primary N) is 1. The number of nitrogens with one attached hydrogen (secondary N) is 1. The molecule has 50 heavy (non-hydrogen) atoms. The summed E-state index contributed by atoms with van der Waals surface area (Å²) in [5.41, 5.74) is 9.01. The summed E-state index contributed by atoms with van der Waals surface area (Å²) in [5.74, 6) is -3.78. The van der Waals surface area contributed by atoms with Gasteiger partial charge in [-0.2, -0.15) is 0 Å². The van der Waals surface area contributed by atoms with E-state index in [9.17, 15) is 24.0 Å². The molecule has 270 valence electrons. The monoisotopic (exact) mass is 693 g/mol. The molecule has 0 aliphatic rings. The molecule has 3 aromatic carbocycles. The number of ketones is 1. The van der Waals surface area contributed by atoms with Crippen LogP contribution in [0.4, 0.5) is 0 Å². The van der Waals surface area contributed by atoms with Crippen molar-refractivity contribution in [1.29, 1.82) is 0 Å². The third-order valence-corrected chi connectivity index (χ3v) is 8.00. The number of fused-ring (bicyclic) bond motifs is 1. The summed E-state index contributed by atoms with van der Waals surface area (Å²) in [7, 11) is 1.63. The molecule has 0 saturated heterocycles. The molecule has 0 aliphatic carbocycles. The van der Waals surface area contributed by atoms with Crippen molar-refractivity contribution in [3.05, 3.63) is 83.4 Å². The predicted octanol–water partition coefficient (Wildman–Crippen LogP) is 0.944. The van der Waals surface area contributed by atoms with Crippen molar-refractivity contribution in [2.75, 3.05) is 72.6 Å². The Morgan fingerprint density at radius 3 is 1.96 bits per heavy atom. The van der Waals surface area contributed by atoms with E-state index in [0.29, 0.717) is 32.5 Å². The van der Waals surface area contributed by atoms with Crippen molar-refractivity contribution >= 4 is 40.4 Å². The molecule has 0 spiro atoms. The first-order valence-electron chi connectivity index (χ1n) is 16.3. The standard InChI is InChI=1S/C36H47N5O9/c1-39(22-34(44)45)13-14-40(15-16-41(23-35(46)47)24-36(48)49)21-33(43)38-20-27-8-6-26(7-9-27)12-17-50-25-32(42)31(37)19-28-10-11-29-4-2-3-5-30(29)18-28/h2-11,18,31H,12-17,19-25,37H2,1H3,(H,38,43)(H,44,45)(H,46,47)(H,48,49)/t31-/m1/s1. The Bertz CT molecular complexity index is 1570. The number of carboxylic acids is 3. The molecular weight excluding hydrogens is 646 g/mol. The van der Waals surface area contributed by atoms with Gasteiger partial charge >= 0.3 is 17.9 Å². The largest absolute Gasteiger partial charge is 0.480 e. The molecule has 1 atom stereocenters. The Morgan fingerprint density at radius 2 is 1.30 bits per heavy atom. The zero-order chi connectivity index (χ0) is 36.5. The van der Waals surface area contributed by atoms with E-state index in [1.165, 1.54) is 4.90 Å². The summed E-state index contributed by atoms with van der Waals surface area (Å²) < 4.78 is 5.62. The lowest BCUT2D eigenvalue weighted by atomic mass is 10.0. The fourth-order valence-electron chi connectivity index (χ4n) is 5.26. The number of carbonyl (C=O) groups excluding carboxylic acids is 2. The third kappa shape index (κ3) is 15.2. The highest BCUT2D eigenvalue weighted by molar-refractivity contribution is 5.86. The number of amides is 1. The second-order valence-corrected chi connectivity index (χ2v) is 12.3. The van der Waals surface area contributed by atoms with E-state index in [2.05, 4.69) is 5.32 Å². The zero-order valence-electron chi connectivity index (χ0n) is 28.3. The fourth-order valence-corrected chi connectivity index (χ4v) is 5.26. The van der Waals surface area contributed by atoms with E-state index in [1.807, 2.05) is 66.7 Å². The average Bonchev–Trinajstić information content (AvgIpc) is 3.06. The molecule has 14 nitrogen and oxygen atoms in total. The van der Waals surface area contributed by atoms with Crippen LogP contribution in [-0.4, -0.2) is 138 Å². The zero-order valence-corrected chi connectivity index (χ0v) is 28.3. The van der Waals surface area contributed by atoms with Gasteiger partial charge in [-0.25, -0.2) is 0 Å². The van der Waals surface area contributed by atoms with Gasteiger partial charge < -0.3 is 31.1 Å². The van der Waals surface area contributed by atoms with Gasteiger partial charge in [-0.05, 0) is 47.4 Å². The number of rotatable bonds is 24. The van der Waals surface area contributed by atoms with Crippen LogP contribution in [0.25, 0.3) is 10.8 Å². The molecule has 0 unspecified atom stereocenters. The molecular formula is C36H47N5O9. The van der Waals surface area contributed by atoms with Crippen molar-refractivity contribution in [2.45, 2.75) is 25.4 Å². The maximum atomic E-state index is 12.8. The summed E-state index contributed by atoms with van der Waals surface area (Å²) >= 11 is 0. The summed E-state index contributed by atoms with van der Waals surface area (Å²) in [4.78, 5) is 63.3. The van der Waals surface area contributed by atoms with Crippen molar-refractivity contribution in [1.82, 2.24) is 20.0 Å². The number of hydrogen-bond acceptors (Lipinski definition) is 10. The van der Waals surface area contributed by atoms with Gasteiger partial charge in [0.1, 0.15) is 6.61 Å².